The van der Waals surface area contributed by atoms with E-state index in [1.807, 2.05) is 32.9 Å². The molecule has 35 heavy (non-hydrogen) atoms. The summed E-state index contributed by atoms with van der Waals surface area (Å²) in [5, 5.41) is 16.1. The van der Waals surface area contributed by atoms with Crippen molar-refractivity contribution in [2.75, 3.05) is 32.4 Å². The van der Waals surface area contributed by atoms with E-state index < -0.39 is 5.92 Å². The number of nitrogens with one attached hydrogen (secondary N) is 2. The van der Waals surface area contributed by atoms with E-state index >= 15 is 0 Å². The maximum Gasteiger partial charge on any atom is 0.234 e. The van der Waals surface area contributed by atoms with Gasteiger partial charge in [-0.3, -0.25) is 9.59 Å². The summed E-state index contributed by atoms with van der Waals surface area (Å²) >= 11 is 1.13. The molecule has 9 heteroatoms. The van der Waals surface area contributed by atoms with Crippen LogP contribution in [0.2, 0.25) is 0 Å². The number of nitriles is 1. The largest absolute Gasteiger partial charge is 0.493 e. The molecule has 8 nitrogen and oxygen atoms in total. The van der Waals surface area contributed by atoms with E-state index in [9.17, 15) is 14.9 Å². The molecule has 2 amide bonds. The molecular formula is C26H29N3O5S. The van der Waals surface area contributed by atoms with Gasteiger partial charge in [0.2, 0.25) is 17.6 Å². The zero-order valence-corrected chi connectivity index (χ0v) is 21.5. The molecule has 0 aromatic heterocycles. The third-order valence-electron chi connectivity index (χ3n) is 5.73. The van der Waals surface area contributed by atoms with Crippen molar-refractivity contribution in [3.63, 3.8) is 0 Å². The number of ether oxygens (including phenoxy) is 3. The molecular weight excluding hydrogens is 466 g/mol. The first-order valence-corrected chi connectivity index (χ1v) is 11.9. The molecule has 0 radical (unpaired) electrons. The van der Waals surface area contributed by atoms with Gasteiger partial charge in [0.05, 0.1) is 43.8 Å². The molecule has 184 valence electrons. The Morgan fingerprint density at radius 1 is 1.09 bits per heavy atom. The van der Waals surface area contributed by atoms with Gasteiger partial charge in [-0.25, -0.2) is 0 Å². The smallest absolute Gasteiger partial charge is 0.234 e. The highest BCUT2D eigenvalue weighted by molar-refractivity contribution is 8.03. The van der Waals surface area contributed by atoms with Gasteiger partial charge in [0.15, 0.2) is 11.5 Å². The molecule has 1 heterocycles. The Morgan fingerprint density at radius 2 is 1.69 bits per heavy atom. The van der Waals surface area contributed by atoms with Crippen LogP contribution in [0, 0.1) is 32.1 Å². The van der Waals surface area contributed by atoms with Crippen LogP contribution in [0.15, 0.2) is 34.9 Å². The first-order chi connectivity index (χ1) is 16.7. The fourth-order valence-corrected chi connectivity index (χ4v) is 5.09. The number of methoxy groups -OCH3 is 3. The number of benzene rings is 2. The number of amides is 2. The Morgan fingerprint density at radius 3 is 2.20 bits per heavy atom. The van der Waals surface area contributed by atoms with E-state index in [1.165, 1.54) is 21.3 Å². The van der Waals surface area contributed by atoms with Crippen LogP contribution in [0.5, 0.6) is 17.2 Å². The summed E-state index contributed by atoms with van der Waals surface area (Å²) in [5.74, 6) is 0.347. The highest BCUT2D eigenvalue weighted by atomic mass is 32.2. The van der Waals surface area contributed by atoms with Crippen molar-refractivity contribution in [2.24, 2.45) is 0 Å². The number of hydrogen-bond acceptors (Lipinski definition) is 7. The number of hydrogen-bond donors (Lipinski definition) is 2. The molecule has 0 saturated heterocycles. The van der Waals surface area contributed by atoms with Gasteiger partial charge in [-0.1, -0.05) is 29.5 Å². The van der Waals surface area contributed by atoms with Crippen LogP contribution in [0.3, 0.4) is 0 Å². The van der Waals surface area contributed by atoms with Gasteiger partial charge in [0, 0.05) is 18.0 Å². The molecule has 2 aromatic carbocycles. The third-order valence-corrected chi connectivity index (χ3v) is 6.75. The lowest BCUT2D eigenvalue weighted by Gasteiger charge is -2.26. The second-order valence-electron chi connectivity index (χ2n) is 8.23. The van der Waals surface area contributed by atoms with Crippen molar-refractivity contribution < 1.29 is 23.8 Å². The van der Waals surface area contributed by atoms with Crippen LogP contribution in [0.25, 0.3) is 0 Å². The number of aryl methyl sites for hydroxylation is 3. The van der Waals surface area contributed by atoms with Gasteiger partial charge < -0.3 is 24.8 Å². The Labute approximate surface area is 209 Å². The molecule has 1 unspecified atom stereocenters. The molecule has 0 saturated carbocycles. The van der Waals surface area contributed by atoms with Gasteiger partial charge in [-0.15, -0.1) is 0 Å². The number of rotatable bonds is 8. The number of anilines is 1. The molecule has 0 bridgehead atoms. The number of nitrogens with zero attached hydrogens (tertiary/aromatic N) is 1. The van der Waals surface area contributed by atoms with Crippen LogP contribution < -0.4 is 24.8 Å². The summed E-state index contributed by atoms with van der Waals surface area (Å²) in [4.78, 5) is 25.3. The van der Waals surface area contributed by atoms with E-state index in [-0.39, 0.29) is 24.0 Å². The Hall–Kier alpha value is -3.64. The van der Waals surface area contributed by atoms with Gasteiger partial charge in [-0.05, 0) is 49.6 Å². The topological polar surface area (TPSA) is 110 Å². The fraction of sp³-hybridized carbons (Fsp3) is 0.346. The van der Waals surface area contributed by atoms with E-state index in [2.05, 4.69) is 16.7 Å². The minimum absolute atomic E-state index is 0.0372. The van der Waals surface area contributed by atoms with Crippen molar-refractivity contribution in [3.05, 3.63) is 57.1 Å². The molecule has 1 aliphatic rings. The maximum atomic E-state index is 12.7. The van der Waals surface area contributed by atoms with E-state index in [0.717, 1.165) is 34.1 Å². The third kappa shape index (κ3) is 5.72. The Bertz CT molecular complexity index is 1180. The lowest BCUT2D eigenvalue weighted by Crippen LogP contribution is -2.31. The second kappa shape index (κ2) is 11.2. The van der Waals surface area contributed by atoms with Crippen molar-refractivity contribution in [1.29, 1.82) is 5.26 Å². The van der Waals surface area contributed by atoms with Gasteiger partial charge in [0.1, 0.15) is 0 Å². The van der Waals surface area contributed by atoms with Crippen LogP contribution in [0.4, 0.5) is 5.69 Å². The van der Waals surface area contributed by atoms with Crippen molar-refractivity contribution in [3.8, 4) is 23.3 Å². The maximum absolute atomic E-state index is 12.7. The zero-order chi connectivity index (χ0) is 25.7. The summed E-state index contributed by atoms with van der Waals surface area (Å²) in [5.41, 5.74) is 4.91. The monoisotopic (exact) mass is 495 g/mol. The van der Waals surface area contributed by atoms with Crippen LogP contribution in [-0.4, -0.2) is 38.9 Å². The Kier molecular flexibility index (Phi) is 8.30. The predicted octanol–water partition coefficient (Wildman–Crippen LogP) is 4.35. The molecule has 0 aliphatic carbocycles. The molecule has 1 atom stereocenters. The number of carbonyl (C=O) groups excluding carboxylic acids is 2. The first kappa shape index (κ1) is 26.0. The number of allylic oxidation sites excluding steroid dienone is 1. The fourth-order valence-electron chi connectivity index (χ4n) is 4.21. The highest BCUT2D eigenvalue weighted by Gasteiger charge is 2.31. The van der Waals surface area contributed by atoms with E-state index in [4.69, 9.17) is 14.2 Å². The van der Waals surface area contributed by atoms with Gasteiger partial charge >= 0.3 is 0 Å². The number of carbonyl (C=O) groups is 2. The summed E-state index contributed by atoms with van der Waals surface area (Å²) in [7, 11) is 4.52. The van der Waals surface area contributed by atoms with Crippen LogP contribution >= 0.6 is 11.8 Å². The molecule has 1 aliphatic heterocycles. The lowest BCUT2D eigenvalue weighted by atomic mass is 9.86. The molecule has 2 aromatic rings. The molecule has 0 fully saturated rings. The standard InChI is InChI=1S/C26H29N3O5S/c1-14-7-15(2)24(16(3)8-14)28-23(31)13-35-26-19(12-27)18(11-22(30)29-26)17-9-20(32-4)25(34-6)21(10-17)33-5/h7-10,18H,11,13H2,1-6H3,(H,28,31)(H,29,30). The second-order valence-corrected chi connectivity index (χ2v) is 9.21. The molecule has 2 N–H and O–H groups in total. The van der Waals surface area contributed by atoms with Crippen LogP contribution in [0.1, 0.15) is 34.6 Å². The lowest BCUT2D eigenvalue weighted by molar-refractivity contribution is -0.121. The molecule has 3 rings (SSSR count). The van der Waals surface area contributed by atoms with Crippen molar-refractivity contribution in [1.82, 2.24) is 5.32 Å². The minimum atomic E-state index is -0.519. The summed E-state index contributed by atoms with van der Waals surface area (Å²) in [6.45, 7) is 5.90. The van der Waals surface area contributed by atoms with Gasteiger partial charge in [0.25, 0.3) is 0 Å². The zero-order valence-electron chi connectivity index (χ0n) is 20.7. The summed E-state index contributed by atoms with van der Waals surface area (Å²) < 4.78 is 16.2. The van der Waals surface area contributed by atoms with E-state index in [0.29, 0.717) is 33.4 Å². The van der Waals surface area contributed by atoms with Crippen LogP contribution in [-0.2, 0) is 9.59 Å². The average Bonchev–Trinajstić information content (AvgIpc) is 2.83. The van der Waals surface area contributed by atoms with Gasteiger partial charge in [-0.2, -0.15) is 5.26 Å². The minimum Gasteiger partial charge on any atom is -0.493 e. The summed E-state index contributed by atoms with van der Waals surface area (Å²) in [6, 6.07) is 9.71. The normalized spacial score (nSPS) is 15.2. The Balaban J connectivity index is 1.87. The van der Waals surface area contributed by atoms with E-state index in [1.54, 1.807) is 12.1 Å². The SMILES string of the molecule is COc1cc(C2CC(=O)NC(SCC(=O)Nc3c(C)cc(C)cc3C)=C2C#N)cc(OC)c1OC. The highest BCUT2D eigenvalue weighted by Crippen LogP contribution is 2.44. The summed E-state index contributed by atoms with van der Waals surface area (Å²) in [6.07, 6.45) is 0.0829. The predicted molar refractivity (Wildman–Crippen MR) is 136 cm³/mol. The number of thioether (sulfide) groups is 1. The van der Waals surface area contributed by atoms with Crippen molar-refractivity contribution in [2.45, 2.75) is 33.1 Å². The van der Waals surface area contributed by atoms with Crippen molar-refractivity contribution >= 4 is 29.3 Å². The average molecular weight is 496 g/mol. The molecule has 0 spiro atoms. The quantitative estimate of drug-likeness (QED) is 0.560. The first-order valence-electron chi connectivity index (χ1n) is 11.0.